The zero-order valence-electron chi connectivity index (χ0n) is 10.5. The van der Waals surface area contributed by atoms with Crippen LogP contribution in [0.15, 0.2) is 48.5 Å². The van der Waals surface area contributed by atoms with Crippen molar-refractivity contribution in [2.75, 3.05) is 17.7 Å². The molecule has 2 aromatic carbocycles. The molecule has 0 spiro atoms. The van der Waals surface area contributed by atoms with Gasteiger partial charge in [-0.1, -0.05) is 30.3 Å². The van der Waals surface area contributed by atoms with Gasteiger partial charge in [0, 0.05) is 11.4 Å². The van der Waals surface area contributed by atoms with Crippen molar-refractivity contribution in [1.29, 1.82) is 0 Å². The lowest BCUT2D eigenvalue weighted by molar-refractivity contribution is 0.273. The number of nitrogen functional groups attached to an aromatic ring is 1. The zero-order valence-corrected chi connectivity index (χ0v) is 10.5. The smallest absolute Gasteiger partial charge is 0.127 e. The number of benzene rings is 2. The summed E-state index contributed by atoms with van der Waals surface area (Å²) in [6.45, 7) is -0.0364. The lowest BCUT2D eigenvalue weighted by Crippen LogP contribution is -2.26. The van der Waals surface area contributed by atoms with E-state index in [1.165, 1.54) is 12.1 Å². The quantitative estimate of drug-likeness (QED) is 0.724. The number of anilines is 2. The summed E-state index contributed by atoms with van der Waals surface area (Å²) in [6.07, 6.45) is 0.660. The van der Waals surface area contributed by atoms with Gasteiger partial charge in [0.2, 0.25) is 0 Å². The molecular weight excluding hydrogens is 243 g/mol. The third-order valence-electron chi connectivity index (χ3n) is 2.84. The lowest BCUT2D eigenvalue weighted by atomic mass is 10.1. The molecule has 1 unspecified atom stereocenters. The first kappa shape index (κ1) is 13.4. The van der Waals surface area contributed by atoms with E-state index in [0.29, 0.717) is 17.8 Å². The van der Waals surface area contributed by atoms with E-state index in [2.05, 4.69) is 5.32 Å². The predicted molar refractivity (Wildman–Crippen MR) is 75.5 cm³/mol. The molecule has 0 heterocycles. The highest BCUT2D eigenvalue weighted by molar-refractivity contribution is 5.55. The maximum absolute atomic E-state index is 13.2. The molecule has 19 heavy (non-hydrogen) atoms. The van der Waals surface area contributed by atoms with Gasteiger partial charge < -0.3 is 16.2 Å². The van der Waals surface area contributed by atoms with E-state index < -0.39 is 0 Å². The van der Waals surface area contributed by atoms with Crippen LogP contribution in [0, 0.1) is 5.82 Å². The first-order valence-corrected chi connectivity index (χ1v) is 6.15. The Labute approximate surface area is 111 Å². The van der Waals surface area contributed by atoms with Crippen LogP contribution >= 0.6 is 0 Å². The summed E-state index contributed by atoms with van der Waals surface area (Å²) >= 11 is 0. The number of hydrogen-bond donors (Lipinski definition) is 3. The molecule has 0 amide bonds. The van der Waals surface area contributed by atoms with Crippen molar-refractivity contribution in [1.82, 2.24) is 0 Å². The monoisotopic (exact) mass is 260 g/mol. The molecule has 0 aliphatic rings. The van der Waals surface area contributed by atoms with E-state index in [0.717, 1.165) is 5.56 Å². The van der Waals surface area contributed by atoms with E-state index in [-0.39, 0.29) is 18.5 Å². The molecule has 0 radical (unpaired) electrons. The Morgan fingerprint density at radius 3 is 2.53 bits per heavy atom. The van der Waals surface area contributed by atoms with Gasteiger partial charge in [-0.05, 0) is 30.2 Å². The van der Waals surface area contributed by atoms with E-state index in [4.69, 9.17) is 5.73 Å². The van der Waals surface area contributed by atoms with Crippen LogP contribution in [-0.4, -0.2) is 17.8 Å². The van der Waals surface area contributed by atoms with Crippen molar-refractivity contribution < 1.29 is 9.50 Å². The number of aliphatic hydroxyl groups excluding tert-OH is 1. The van der Waals surface area contributed by atoms with Gasteiger partial charge in [-0.25, -0.2) is 4.39 Å². The van der Waals surface area contributed by atoms with Crippen LogP contribution in [0.25, 0.3) is 0 Å². The minimum atomic E-state index is -0.390. The van der Waals surface area contributed by atoms with Gasteiger partial charge >= 0.3 is 0 Å². The molecule has 0 aromatic heterocycles. The van der Waals surface area contributed by atoms with Gasteiger partial charge in [-0.3, -0.25) is 0 Å². The summed E-state index contributed by atoms with van der Waals surface area (Å²) < 4.78 is 13.2. The normalized spacial score (nSPS) is 12.1. The third-order valence-corrected chi connectivity index (χ3v) is 2.84. The Kier molecular flexibility index (Phi) is 4.36. The summed E-state index contributed by atoms with van der Waals surface area (Å²) in [6, 6.07) is 13.9. The summed E-state index contributed by atoms with van der Waals surface area (Å²) in [5, 5.41) is 12.5. The molecule has 0 saturated heterocycles. The topological polar surface area (TPSA) is 58.3 Å². The fourth-order valence-corrected chi connectivity index (χ4v) is 1.99. The molecule has 3 nitrogen and oxygen atoms in total. The van der Waals surface area contributed by atoms with Crippen molar-refractivity contribution in [3.8, 4) is 0 Å². The average molecular weight is 260 g/mol. The molecule has 0 aliphatic carbocycles. The van der Waals surface area contributed by atoms with Crippen LogP contribution in [0.1, 0.15) is 5.56 Å². The van der Waals surface area contributed by atoms with Gasteiger partial charge in [0.1, 0.15) is 5.82 Å². The van der Waals surface area contributed by atoms with E-state index in [9.17, 15) is 9.50 Å². The van der Waals surface area contributed by atoms with Crippen molar-refractivity contribution in [3.63, 3.8) is 0 Å². The second kappa shape index (κ2) is 6.20. The van der Waals surface area contributed by atoms with E-state index >= 15 is 0 Å². The molecular formula is C15H17FN2O. The van der Waals surface area contributed by atoms with Gasteiger partial charge in [0.05, 0.1) is 12.6 Å². The fraction of sp³-hybridized carbons (Fsp3) is 0.200. The van der Waals surface area contributed by atoms with Gasteiger partial charge in [-0.15, -0.1) is 0 Å². The number of aliphatic hydroxyl groups is 1. The van der Waals surface area contributed by atoms with Crippen molar-refractivity contribution >= 4 is 11.4 Å². The summed E-state index contributed by atoms with van der Waals surface area (Å²) in [5.74, 6) is -0.390. The van der Waals surface area contributed by atoms with Crippen molar-refractivity contribution in [3.05, 3.63) is 59.9 Å². The highest BCUT2D eigenvalue weighted by atomic mass is 19.1. The van der Waals surface area contributed by atoms with Crippen LogP contribution in [-0.2, 0) is 6.42 Å². The molecule has 2 rings (SSSR count). The molecule has 4 N–H and O–H groups in total. The minimum absolute atomic E-state index is 0.0364. The molecule has 2 aromatic rings. The number of rotatable bonds is 5. The Morgan fingerprint density at radius 2 is 1.89 bits per heavy atom. The molecule has 1 atom stereocenters. The van der Waals surface area contributed by atoms with Gasteiger partial charge in [0.15, 0.2) is 0 Å². The fourth-order valence-electron chi connectivity index (χ4n) is 1.99. The van der Waals surface area contributed by atoms with Crippen LogP contribution in [0.5, 0.6) is 0 Å². The van der Waals surface area contributed by atoms with Crippen LogP contribution in [0.3, 0.4) is 0 Å². The number of hydrogen-bond acceptors (Lipinski definition) is 3. The maximum Gasteiger partial charge on any atom is 0.127 e. The van der Waals surface area contributed by atoms with Gasteiger partial charge in [0.25, 0.3) is 0 Å². The second-order valence-corrected chi connectivity index (χ2v) is 4.49. The van der Waals surface area contributed by atoms with Crippen LogP contribution in [0.4, 0.5) is 15.8 Å². The summed E-state index contributed by atoms with van der Waals surface area (Å²) in [5.41, 5.74) is 7.63. The predicted octanol–water partition coefficient (Wildman–Crippen LogP) is 2.42. The highest BCUT2D eigenvalue weighted by Crippen LogP contribution is 2.17. The standard InChI is InChI=1S/C15H17FN2O/c16-12-7-13(17)9-14(8-12)18-15(10-19)6-11-4-2-1-3-5-11/h1-5,7-9,15,18-19H,6,10,17H2. The minimum Gasteiger partial charge on any atom is -0.399 e. The second-order valence-electron chi connectivity index (χ2n) is 4.49. The Balaban J connectivity index is 2.06. The Hall–Kier alpha value is -2.07. The number of nitrogens with one attached hydrogen (secondary N) is 1. The van der Waals surface area contributed by atoms with Crippen molar-refractivity contribution in [2.24, 2.45) is 0 Å². The summed E-state index contributed by atoms with van der Waals surface area (Å²) in [7, 11) is 0. The average Bonchev–Trinajstić information content (AvgIpc) is 2.38. The van der Waals surface area contributed by atoms with E-state index in [1.807, 2.05) is 30.3 Å². The molecule has 0 saturated carbocycles. The zero-order chi connectivity index (χ0) is 13.7. The summed E-state index contributed by atoms with van der Waals surface area (Å²) in [4.78, 5) is 0. The first-order chi connectivity index (χ1) is 9.17. The van der Waals surface area contributed by atoms with Crippen LogP contribution < -0.4 is 11.1 Å². The molecule has 4 heteroatoms. The van der Waals surface area contributed by atoms with Crippen LogP contribution in [0.2, 0.25) is 0 Å². The third kappa shape index (κ3) is 3.96. The molecule has 0 aliphatic heterocycles. The Morgan fingerprint density at radius 1 is 1.16 bits per heavy atom. The number of nitrogens with two attached hydrogens (primary N) is 1. The van der Waals surface area contributed by atoms with E-state index in [1.54, 1.807) is 6.07 Å². The number of halogens is 1. The Bertz CT molecular complexity index is 511. The molecule has 100 valence electrons. The van der Waals surface area contributed by atoms with Gasteiger partial charge in [-0.2, -0.15) is 0 Å². The first-order valence-electron chi connectivity index (χ1n) is 6.15. The molecule has 0 fully saturated rings. The molecule has 0 bridgehead atoms. The highest BCUT2D eigenvalue weighted by Gasteiger charge is 2.09. The van der Waals surface area contributed by atoms with Crippen molar-refractivity contribution in [2.45, 2.75) is 12.5 Å². The maximum atomic E-state index is 13.2. The SMILES string of the molecule is Nc1cc(F)cc(NC(CO)Cc2ccccc2)c1. The lowest BCUT2D eigenvalue weighted by Gasteiger charge is -2.18. The largest absolute Gasteiger partial charge is 0.399 e.